The van der Waals surface area contributed by atoms with Gasteiger partial charge in [0, 0.05) is 9.13 Å². The molecule has 1 saturated heterocycles. The molecule has 0 radical (unpaired) electrons. The number of nitrogens with zero attached hydrogens (tertiary/aromatic N) is 1. The maximum atomic E-state index is 11.8. The highest BCUT2D eigenvalue weighted by Crippen LogP contribution is 2.41. The predicted octanol–water partition coefficient (Wildman–Crippen LogP) is 4.07. The van der Waals surface area contributed by atoms with Crippen molar-refractivity contribution in [3.05, 3.63) is 52.7 Å². The average Bonchev–Trinajstić information content (AvgIpc) is 2.62. The number of carboxylic acid groups (broad SMARTS) is 1. The first-order chi connectivity index (χ1) is 12.9. The first-order valence-electron chi connectivity index (χ1n) is 7.91. The number of hydrogen-bond donors (Lipinski definition) is 1. The molecule has 6 nitrogen and oxygen atoms in total. The smallest absolute Gasteiger partial charge is 0.349 e. The summed E-state index contributed by atoms with van der Waals surface area (Å²) in [5.41, 5.74) is 1.43. The number of hydrogen-bond acceptors (Lipinski definition) is 5. The maximum Gasteiger partial charge on any atom is 0.349 e. The molecule has 2 aromatic carbocycles. The zero-order valence-corrected chi connectivity index (χ0v) is 20.3. The van der Waals surface area contributed by atoms with E-state index in [0.29, 0.717) is 24.5 Å². The summed E-state index contributed by atoms with van der Waals surface area (Å²) in [5.74, 6) is -0.835. The fraction of sp³-hybridized carbons (Fsp3) is 0.222. The number of ether oxygens (including phenoxy) is 2. The number of aliphatic carboxylic acids is 1. The van der Waals surface area contributed by atoms with Crippen LogP contribution in [0.4, 0.5) is 5.69 Å². The lowest BCUT2D eigenvalue weighted by Gasteiger charge is -2.31. The Hall–Kier alpha value is -0.830. The molecule has 0 saturated carbocycles. The Balaban J connectivity index is 2.01. The highest BCUT2D eigenvalue weighted by atomic mass is 127. The third-order valence-corrected chi connectivity index (χ3v) is 6.55. The highest BCUT2D eigenvalue weighted by Gasteiger charge is 2.28. The van der Waals surface area contributed by atoms with Gasteiger partial charge in [-0.3, -0.25) is 4.79 Å². The van der Waals surface area contributed by atoms with Crippen LogP contribution >= 0.6 is 67.8 Å². The van der Waals surface area contributed by atoms with Gasteiger partial charge in [-0.05, 0) is 73.8 Å². The first-order valence-corrected chi connectivity index (χ1v) is 11.1. The van der Waals surface area contributed by atoms with Crippen LogP contribution in [-0.4, -0.2) is 36.7 Å². The van der Waals surface area contributed by atoms with Crippen molar-refractivity contribution in [2.75, 3.05) is 24.6 Å². The molecule has 1 heterocycles. The lowest BCUT2D eigenvalue weighted by atomic mass is 10.1. The van der Waals surface area contributed by atoms with Gasteiger partial charge in [-0.25, -0.2) is 4.79 Å². The second-order valence-corrected chi connectivity index (χ2v) is 9.12. The molecule has 0 aliphatic carbocycles. The minimum atomic E-state index is -1.12. The van der Waals surface area contributed by atoms with Crippen LogP contribution in [0.5, 0.6) is 5.75 Å². The van der Waals surface area contributed by atoms with E-state index in [-0.39, 0.29) is 12.5 Å². The minimum Gasteiger partial charge on any atom is -0.478 e. The quantitative estimate of drug-likeness (QED) is 0.374. The lowest BCUT2D eigenvalue weighted by molar-refractivity contribution is -0.145. The third kappa shape index (κ3) is 4.78. The summed E-state index contributed by atoms with van der Waals surface area (Å²) in [4.78, 5) is 25.5. The monoisotopic (exact) mass is 705 g/mol. The van der Waals surface area contributed by atoms with Gasteiger partial charge in [-0.1, -0.05) is 30.3 Å². The molecule has 1 fully saturated rings. The minimum absolute atomic E-state index is 0.160. The molecule has 0 amide bonds. The molecule has 1 atom stereocenters. The molecule has 1 unspecified atom stereocenters. The van der Waals surface area contributed by atoms with Crippen molar-refractivity contribution in [3.63, 3.8) is 0 Å². The van der Waals surface area contributed by atoms with E-state index in [1.165, 1.54) is 0 Å². The van der Waals surface area contributed by atoms with E-state index < -0.39 is 12.1 Å². The molecule has 142 valence electrons. The standard InChI is InChI=1S/C18H14I3NO5/c19-11-8-12(20)17(14(21)15(11)22-6-7-26-13(23)9-22)27-16(18(24)25)10-4-2-1-3-5-10/h1-5,8,16H,6-7,9H2,(H,24,25). The zero-order valence-electron chi connectivity index (χ0n) is 13.8. The number of carbonyl (C=O) groups is 2. The Kier molecular flexibility index (Phi) is 7.05. The molecule has 1 aliphatic heterocycles. The van der Waals surface area contributed by atoms with Crippen LogP contribution < -0.4 is 9.64 Å². The molecule has 0 bridgehead atoms. The average molecular weight is 705 g/mol. The molecule has 1 aliphatic rings. The molecule has 9 heteroatoms. The summed E-state index contributed by atoms with van der Waals surface area (Å²) < 4.78 is 13.6. The van der Waals surface area contributed by atoms with Gasteiger partial charge >= 0.3 is 11.9 Å². The predicted molar refractivity (Wildman–Crippen MR) is 125 cm³/mol. The summed E-state index contributed by atoms with van der Waals surface area (Å²) in [6, 6.07) is 10.8. The number of halogens is 3. The van der Waals surface area contributed by atoms with Gasteiger partial charge in [-0.2, -0.15) is 0 Å². The van der Waals surface area contributed by atoms with Gasteiger partial charge in [-0.15, -0.1) is 0 Å². The van der Waals surface area contributed by atoms with Crippen LogP contribution in [0.1, 0.15) is 11.7 Å². The third-order valence-electron chi connectivity index (χ3n) is 3.93. The van der Waals surface area contributed by atoms with Crippen molar-refractivity contribution in [2.45, 2.75) is 6.10 Å². The fourth-order valence-corrected chi connectivity index (χ4v) is 7.02. The van der Waals surface area contributed by atoms with Crippen molar-refractivity contribution >= 4 is 85.4 Å². The second-order valence-electron chi connectivity index (χ2n) is 5.72. The number of morpholine rings is 1. The van der Waals surface area contributed by atoms with Crippen LogP contribution in [0.25, 0.3) is 0 Å². The molecule has 2 aromatic rings. The summed E-state index contributed by atoms with van der Waals surface area (Å²) >= 11 is 6.52. The number of benzene rings is 2. The number of anilines is 1. The molecular formula is C18H14I3NO5. The number of rotatable bonds is 5. The van der Waals surface area contributed by atoms with E-state index in [9.17, 15) is 14.7 Å². The SMILES string of the molecule is O=C1CN(c2c(I)cc(I)c(OC(C(=O)O)c3ccccc3)c2I)CCO1. The molecular weight excluding hydrogens is 691 g/mol. The summed E-state index contributed by atoms with van der Waals surface area (Å²) in [5, 5.41) is 9.67. The summed E-state index contributed by atoms with van der Waals surface area (Å²) in [6.07, 6.45) is -1.12. The van der Waals surface area contributed by atoms with Gasteiger partial charge in [0.1, 0.15) is 18.9 Å². The molecule has 27 heavy (non-hydrogen) atoms. The topological polar surface area (TPSA) is 76.1 Å². The first kappa shape index (κ1) is 20.9. The van der Waals surface area contributed by atoms with Gasteiger partial charge in [0.05, 0.1) is 19.4 Å². The Morgan fingerprint density at radius 1 is 1.19 bits per heavy atom. The largest absolute Gasteiger partial charge is 0.478 e. The maximum absolute atomic E-state index is 11.8. The van der Waals surface area contributed by atoms with Crippen LogP contribution in [-0.2, 0) is 14.3 Å². The summed E-state index contributed by atoms with van der Waals surface area (Å²) in [7, 11) is 0. The number of esters is 1. The van der Waals surface area contributed by atoms with E-state index >= 15 is 0 Å². The molecule has 3 rings (SSSR count). The van der Waals surface area contributed by atoms with Crippen LogP contribution in [0.3, 0.4) is 0 Å². The molecule has 1 N–H and O–H groups in total. The van der Waals surface area contributed by atoms with E-state index in [1.807, 2.05) is 17.0 Å². The van der Waals surface area contributed by atoms with Crippen molar-refractivity contribution < 1.29 is 24.2 Å². The normalized spacial score (nSPS) is 15.2. The van der Waals surface area contributed by atoms with Crippen molar-refractivity contribution in [2.24, 2.45) is 0 Å². The van der Waals surface area contributed by atoms with Gasteiger partial charge in [0.15, 0.2) is 0 Å². The van der Waals surface area contributed by atoms with Gasteiger partial charge < -0.3 is 19.5 Å². The van der Waals surface area contributed by atoms with E-state index in [1.54, 1.807) is 24.3 Å². The lowest BCUT2D eigenvalue weighted by Crippen LogP contribution is -2.40. The Morgan fingerprint density at radius 2 is 1.89 bits per heavy atom. The van der Waals surface area contributed by atoms with Crippen LogP contribution in [0.15, 0.2) is 36.4 Å². The number of carboxylic acids is 1. The van der Waals surface area contributed by atoms with Crippen molar-refractivity contribution in [1.29, 1.82) is 0 Å². The fourth-order valence-electron chi connectivity index (χ4n) is 2.71. The van der Waals surface area contributed by atoms with Crippen molar-refractivity contribution in [1.82, 2.24) is 0 Å². The molecule has 0 aromatic heterocycles. The van der Waals surface area contributed by atoms with E-state index in [0.717, 1.165) is 16.4 Å². The van der Waals surface area contributed by atoms with Gasteiger partial charge in [0.2, 0.25) is 6.10 Å². The Morgan fingerprint density at radius 3 is 2.52 bits per heavy atom. The number of carbonyl (C=O) groups excluding carboxylic acids is 1. The van der Waals surface area contributed by atoms with E-state index in [4.69, 9.17) is 9.47 Å². The zero-order chi connectivity index (χ0) is 19.6. The van der Waals surface area contributed by atoms with E-state index in [2.05, 4.69) is 67.8 Å². The molecule has 0 spiro atoms. The Bertz CT molecular complexity index is 875. The number of cyclic esters (lactones) is 1. The van der Waals surface area contributed by atoms with Crippen LogP contribution in [0, 0.1) is 10.7 Å². The Labute approximate surface area is 197 Å². The van der Waals surface area contributed by atoms with Crippen molar-refractivity contribution in [3.8, 4) is 5.75 Å². The van der Waals surface area contributed by atoms with Gasteiger partial charge in [0.25, 0.3) is 0 Å². The highest BCUT2D eigenvalue weighted by molar-refractivity contribution is 14.1. The second kappa shape index (κ2) is 9.11. The summed E-state index contributed by atoms with van der Waals surface area (Å²) in [6.45, 7) is 1.07. The van der Waals surface area contributed by atoms with Crippen LogP contribution in [0.2, 0.25) is 0 Å².